The van der Waals surface area contributed by atoms with Gasteiger partial charge in [0.2, 0.25) is 11.0 Å². The fraction of sp³-hybridized carbons (Fsp3) is 0.0294. The van der Waals surface area contributed by atoms with Gasteiger partial charge in [0, 0.05) is 22.5 Å². The Morgan fingerprint density at radius 3 is 2.32 bits per heavy atom. The zero-order chi connectivity index (χ0) is 25.1. The highest BCUT2D eigenvalue weighted by Crippen LogP contribution is 2.30. The Hall–Kier alpha value is -5.09. The van der Waals surface area contributed by atoms with Gasteiger partial charge in [-0.05, 0) is 87.5 Å². The van der Waals surface area contributed by atoms with Gasteiger partial charge in [-0.1, -0.05) is 66.7 Å². The van der Waals surface area contributed by atoms with Crippen molar-refractivity contribution in [3.63, 3.8) is 0 Å². The summed E-state index contributed by atoms with van der Waals surface area (Å²) in [6.45, 7) is 0. The molecule has 0 bridgehead atoms. The third-order valence-corrected chi connectivity index (χ3v) is 7.50. The molecule has 0 atom stereocenters. The second-order valence-electron chi connectivity index (χ2n) is 9.81. The van der Waals surface area contributed by atoms with Crippen molar-refractivity contribution in [3.8, 4) is 11.3 Å². The summed E-state index contributed by atoms with van der Waals surface area (Å²) in [5, 5.41) is 9.94. The van der Waals surface area contributed by atoms with E-state index in [-0.39, 0.29) is 0 Å². The summed E-state index contributed by atoms with van der Waals surface area (Å²) in [6.07, 6.45) is 2.67. The average Bonchev–Trinajstić information content (AvgIpc) is 3.38. The maximum absolute atomic E-state index is 5.02. The summed E-state index contributed by atoms with van der Waals surface area (Å²) in [5.74, 6) is 0. The number of nitrogens with zero attached hydrogens (tertiary/aromatic N) is 4. The van der Waals surface area contributed by atoms with Gasteiger partial charge in [0.1, 0.15) is 5.52 Å². The van der Waals surface area contributed by atoms with Crippen LogP contribution in [0.5, 0.6) is 0 Å². The van der Waals surface area contributed by atoms with Gasteiger partial charge >= 0.3 is 0 Å². The molecule has 8 aromatic rings. The molecule has 0 aliphatic rings. The van der Waals surface area contributed by atoms with Gasteiger partial charge in [-0.3, -0.25) is 4.98 Å². The Morgan fingerprint density at radius 2 is 1.42 bits per heavy atom. The minimum atomic E-state index is 0.816. The van der Waals surface area contributed by atoms with E-state index in [9.17, 15) is 0 Å². The van der Waals surface area contributed by atoms with E-state index >= 15 is 0 Å². The number of hydrogen-bond acceptors (Lipinski definition) is 2. The lowest BCUT2D eigenvalue weighted by molar-refractivity contribution is -0.567. The molecule has 4 nitrogen and oxygen atoms in total. The quantitative estimate of drug-likeness (QED) is 0.195. The number of aromatic nitrogens is 4. The number of pyridine rings is 1. The van der Waals surface area contributed by atoms with Crippen LogP contribution in [-0.4, -0.2) is 14.7 Å². The molecule has 0 amide bonds. The maximum atomic E-state index is 5.02. The van der Waals surface area contributed by atoms with Crippen LogP contribution in [0.4, 0.5) is 0 Å². The van der Waals surface area contributed by atoms with Crippen LogP contribution < -0.4 is 4.52 Å². The molecule has 3 heterocycles. The molecule has 38 heavy (non-hydrogen) atoms. The summed E-state index contributed by atoms with van der Waals surface area (Å²) in [7, 11) is 0. The van der Waals surface area contributed by atoms with Crippen molar-refractivity contribution in [2.75, 3.05) is 0 Å². The maximum Gasteiger partial charge on any atom is 0.250 e. The lowest BCUT2D eigenvalue weighted by Crippen LogP contribution is -2.30. The van der Waals surface area contributed by atoms with Crippen LogP contribution in [0.25, 0.3) is 54.9 Å². The number of benzene rings is 5. The second kappa shape index (κ2) is 8.22. The van der Waals surface area contributed by atoms with Crippen LogP contribution in [-0.2, 0) is 6.42 Å². The van der Waals surface area contributed by atoms with E-state index in [0.29, 0.717) is 0 Å². The van der Waals surface area contributed by atoms with Crippen LogP contribution in [0.1, 0.15) is 11.1 Å². The number of rotatable bonds is 3. The van der Waals surface area contributed by atoms with Crippen molar-refractivity contribution in [3.05, 3.63) is 139 Å². The Balaban J connectivity index is 1.36. The van der Waals surface area contributed by atoms with Crippen molar-refractivity contribution in [2.45, 2.75) is 6.42 Å². The van der Waals surface area contributed by atoms with E-state index in [1.807, 2.05) is 24.4 Å². The Kier molecular flexibility index (Phi) is 4.55. The molecule has 0 saturated heterocycles. The highest BCUT2D eigenvalue weighted by molar-refractivity contribution is 6.03. The van der Waals surface area contributed by atoms with E-state index in [4.69, 9.17) is 5.10 Å². The smallest absolute Gasteiger partial charge is 0.250 e. The van der Waals surface area contributed by atoms with E-state index in [2.05, 4.69) is 117 Å². The molecule has 0 N–H and O–H groups in total. The number of para-hydroxylation sites is 2. The average molecular weight is 488 g/mol. The summed E-state index contributed by atoms with van der Waals surface area (Å²) >= 11 is 0. The largest absolute Gasteiger partial charge is 0.256 e. The minimum absolute atomic E-state index is 0.816. The number of fused-ring (bicyclic) bond motifs is 9. The Labute approximate surface area is 219 Å². The lowest BCUT2D eigenvalue weighted by Gasteiger charge is -2.12. The van der Waals surface area contributed by atoms with Crippen molar-refractivity contribution in [1.82, 2.24) is 14.7 Å². The van der Waals surface area contributed by atoms with E-state index < -0.39 is 0 Å². The van der Waals surface area contributed by atoms with Crippen LogP contribution in [0, 0.1) is 0 Å². The van der Waals surface area contributed by atoms with Gasteiger partial charge < -0.3 is 0 Å². The standard InChI is InChI=1S/C34H23N4/c1-2-10-27-24(9-1)21-26(30-12-7-8-18-35-30)22-25(27)19-23-16-17-29-28-11-3-5-14-32(28)37-33-15-6-4-13-31(33)36-38(37)34(29)20-23/h1-18,20-22H,19H2/q+1. The first-order valence-corrected chi connectivity index (χ1v) is 12.9. The fourth-order valence-electron chi connectivity index (χ4n) is 5.77. The Morgan fingerprint density at radius 1 is 0.632 bits per heavy atom. The first kappa shape index (κ1) is 21.0. The van der Waals surface area contributed by atoms with Gasteiger partial charge in [-0.15, -0.1) is 4.52 Å². The Bertz CT molecular complexity index is 2160. The zero-order valence-corrected chi connectivity index (χ0v) is 20.6. The van der Waals surface area contributed by atoms with E-state index in [1.165, 1.54) is 32.7 Å². The summed E-state index contributed by atoms with van der Waals surface area (Å²) in [6, 6.07) is 43.0. The molecule has 0 saturated carbocycles. The molecule has 0 spiro atoms. The van der Waals surface area contributed by atoms with Crippen LogP contribution in [0.2, 0.25) is 0 Å². The van der Waals surface area contributed by atoms with Crippen LogP contribution in [0.15, 0.2) is 128 Å². The highest BCUT2D eigenvalue weighted by atomic mass is 15.5. The minimum Gasteiger partial charge on any atom is -0.256 e. The predicted molar refractivity (Wildman–Crippen MR) is 153 cm³/mol. The van der Waals surface area contributed by atoms with Gasteiger partial charge in [-0.2, -0.15) is 0 Å². The monoisotopic (exact) mass is 487 g/mol. The summed E-state index contributed by atoms with van der Waals surface area (Å²) in [4.78, 5) is 4.61. The third kappa shape index (κ3) is 3.20. The molecule has 3 aromatic heterocycles. The van der Waals surface area contributed by atoms with Gasteiger partial charge in [0.05, 0.1) is 10.8 Å². The van der Waals surface area contributed by atoms with Crippen molar-refractivity contribution >= 4 is 43.6 Å². The third-order valence-electron chi connectivity index (χ3n) is 7.50. The molecule has 178 valence electrons. The van der Waals surface area contributed by atoms with E-state index in [1.54, 1.807) is 0 Å². The van der Waals surface area contributed by atoms with Gasteiger partial charge in [0.15, 0.2) is 5.52 Å². The molecule has 0 aliphatic heterocycles. The van der Waals surface area contributed by atoms with Gasteiger partial charge in [0.25, 0.3) is 0 Å². The van der Waals surface area contributed by atoms with Gasteiger partial charge in [-0.25, -0.2) is 0 Å². The molecular formula is C34H23N4+. The molecule has 0 radical (unpaired) electrons. The highest BCUT2D eigenvalue weighted by Gasteiger charge is 2.20. The van der Waals surface area contributed by atoms with E-state index in [0.717, 1.165) is 39.7 Å². The van der Waals surface area contributed by atoms with Crippen molar-refractivity contribution in [2.24, 2.45) is 0 Å². The molecule has 0 unspecified atom stereocenters. The molecule has 4 heteroatoms. The first-order valence-electron chi connectivity index (χ1n) is 12.9. The van der Waals surface area contributed by atoms with Crippen molar-refractivity contribution < 1.29 is 4.52 Å². The van der Waals surface area contributed by atoms with Crippen LogP contribution >= 0.6 is 0 Å². The first-order chi connectivity index (χ1) is 18.8. The zero-order valence-electron chi connectivity index (χ0n) is 20.6. The predicted octanol–water partition coefficient (Wildman–Crippen LogP) is 7.19. The molecule has 8 rings (SSSR count). The lowest BCUT2D eigenvalue weighted by atomic mass is 9.94. The van der Waals surface area contributed by atoms with Crippen molar-refractivity contribution in [1.29, 1.82) is 0 Å². The molecule has 0 fully saturated rings. The second-order valence-corrected chi connectivity index (χ2v) is 9.81. The SMILES string of the molecule is c1ccc(-c2cc(Cc3ccc4c5ccccc5[n+]5c6ccccc6nn5c4c3)c3ccccc3c2)nc1. The molecule has 5 aromatic carbocycles. The molecular weight excluding hydrogens is 464 g/mol. The summed E-state index contributed by atoms with van der Waals surface area (Å²) in [5.41, 5.74) is 9.00. The molecule has 0 aliphatic carbocycles. The topological polar surface area (TPSA) is 34.3 Å². The number of hydrogen-bond donors (Lipinski definition) is 0. The normalized spacial score (nSPS) is 11.8. The summed E-state index contributed by atoms with van der Waals surface area (Å²) < 4.78 is 4.29. The fourth-order valence-corrected chi connectivity index (χ4v) is 5.77. The van der Waals surface area contributed by atoms with Crippen LogP contribution in [0.3, 0.4) is 0 Å².